The van der Waals surface area contributed by atoms with Crippen molar-refractivity contribution in [3.63, 3.8) is 0 Å². The Hall–Kier alpha value is -1.13. The highest BCUT2D eigenvalue weighted by molar-refractivity contribution is 9.10. The number of benzene rings is 1. The van der Waals surface area contributed by atoms with Gasteiger partial charge in [0, 0.05) is 11.0 Å². The van der Waals surface area contributed by atoms with Crippen LogP contribution in [0.2, 0.25) is 0 Å². The highest BCUT2D eigenvalue weighted by Crippen LogP contribution is 2.25. The fourth-order valence-corrected chi connectivity index (χ4v) is 2.21. The third-order valence-electron chi connectivity index (χ3n) is 2.84. The van der Waals surface area contributed by atoms with Gasteiger partial charge < -0.3 is 9.64 Å². The first-order chi connectivity index (χ1) is 8.22. The number of amides is 1. The largest absolute Gasteiger partial charge is 0.377 e. The third kappa shape index (κ3) is 2.76. The van der Waals surface area contributed by atoms with Gasteiger partial charge in [0.25, 0.3) is 0 Å². The van der Waals surface area contributed by atoms with Crippen LogP contribution in [0.3, 0.4) is 0 Å². The first kappa shape index (κ1) is 12.3. The number of hydrogen-bond acceptors (Lipinski definition) is 2. The molecule has 1 heterocycles. The number of hydrogen-bond donors (Lipinski definition) is 0. The maximum Gasteiger partial charge on any atom is 0.246 e. The Kier molecular flexibility index (Phi) is 3.97. The van der Waals surface area contributed by atoms with Crippen molar-refractivity contribution in [1.82, 2.24) is 4.90 Å². The van der Waals surface area contributed by atoms with Crippen LogP contribution in [0.5, 0.6) is 0 Å². The van der Waals surface area contributed by atoms with Crippen molar-refractivity contribution < 1.29 is 9.53 Å². The van der Waals surface area contributed by atoms with Crippen molar-refractivity contribution in [1.29, 1.82) is 0 Å². The normalized spacial score (nSPS) is 20.1. The molecule has 1 atom stereocenters. The average Bonchev–Trinajstić information content (AvgIpc) is 2.39. The van der Waals surface area contributed by atoms with Crippen LogP contribution in [-0.4, -0.2) is 30.6 Å². The number of carbonyl (C=O) groups is 1. The monoisotopic (exact) mass is 295 g/mol. The number of ether oxygens (including phenoxy) is 1. The molecule has 0 aromatic heterocycles. The van der Waals surface area contributed by atoms with Crippen LogP contribution in [0.15, 0.2) is 41.4 Å². The summed E-state index contributed by atoms with van der Waals surface area (Å²) in [6.45, 7) is 5.29. The van der Waals surface area contributed by atoms with Crippen LogP contribution >= 0.6 is 15.9 Å². The summed E-state index contributed by atoms with van der Waals surface area (Å²) in [6.07, 6.45) is 1.36. The van der Waals surface area contributed by atoms with E-state index in [0.717, 1.165) is 10.0 Å². The Morgan fingerprint density at radius 1 is 1.47 bits per heavy atom. The molecule has 1 aromatic rings. The van der Waals surface area contributed by atoms with Crippen LogP contribution in [0.4, 0.5) is 0 Å². The topological polar surface area (TPSA) is 29.5 Å². The zero-order valence-electron chi connectivity index (χ0n) is 9.43. The predicted molar refractivity (Wildman–Crippen MR) is 69.6 cm³/mol. The highest BCUT2D eigenvalue weighted by atomic mass is 79.9. The molecular weight excluding hydrogens is 282 g/mol. The van der Waals surface area contributed by atoms with Gasteiger partial charge >= 0.3 is 0 Å². The summed E-state index contributed by atoms with van der Waals surface area (Å²) in [6, 6.07) is 7.95. The summed E-state index contributed by atoms with van der Waals surface area (Å²) in [4.78, 5) is 13.6. The smallest absolute Gasteiger partial charge is 0.246 e. The van der Waals surface area contributed by atoms with Crippen molar-refractivity contribution in [2.75, 3.05) is 19.8 Å². The van der Waals surface area contributed by atoms with Crippen molar-refractivity contribution in [3.8, 4) is 0 Å². The molecule has 1 amide bonds. The Bertz CT molecular complexity index is 416. The molecule has 1 aliphatic heterocycles. The number of nitrogens with zero attached hydrogens (tertiary/aromatic N) is 1. The van der Waals surface area contributed by atoms with Crippen molar-refractivity contribution in [2.45, 2.75) is 6.04 Å². The summed E-state index contributed by atoms with van der Waals surface area (Å²) < 4.78 is 6.48. The summed E-state index contributed by atoms with van der Waals surface area (Å²) in [5.41, 5.74) is 1.09. The second kappa shape index (κ2) is 5.47. The van der Waals surface area contributed by atoms with E-state index in [1.165, 1.54) is 6.08 Å². The van der Waals surface area contributed by atoms with E-state index in [0.29, 0.717) is 19.8 Å². The number of morpholine rings is 1. The van der Waals surface area contributed by atoms with Crippen molar-refractivity contribution in [2.24, 2.45) is 0 Å². The van der Waals surface area contributed by atoms with Gasteiger partial charge in [-0.3, -0.25) is 4.79 Å². The van der Waals surface area contributed by atoms with E-state index in [4.69, 9.17) is 4.74 Å². The summed E-state index contributed by atoms with van der Waals surface area (Å²) in [5.74, 6) is -0.0405. The second-order valence-electron chi connectivity index (χ2n) is 3.88. The number of halogens is 1. The standard InChI is InChI=1S/C13H14BrNO2/c1-2-13(16)15-7-8-17-9-12(15)10-3-5-11(14)6-4-10/h2-6,12H,1,7-9H2. The lowest BCUT2D eigenvalue weighted by Crippen LogP contribution is -2.42. The molecule has 0 radical (unpaired) electrons. The van der Waals surface area contributed by atoms with E-state index in [1.807, 2.05) is 24.3 Å². The molecule has 0 bridgehead atoms. The van der Waals surface area contributed by atoms with Crippen LogP contribution in [0.1, 0.15) is 11.6 Å². The van der Waals surface area contributed by atoms with Gasteiger partial charge in [0.05, 0.1) is 19.3 Å². The Morgan fingerprint density at radius 2 is 2.18 bits per heavy atom. The van der Waals surface area contributed by atoms with Gasteiger partial charge in [0.2, 0.25) is 5.91 Å². The molecule has 1 aliphatic rings. The first-order valence-corrected chi connectivity index (χ1v) is 6.28. The minimum absolute atomic E-state index is 0.0117. The molecule has 90 valence electrons. The SMILES string of the molecule is C=CC(=O)N1CCOCC1c1ccc(Br)cc1. The highest BCUT2D eigenvalue weighted by Gasteiger charge is 2.26. The van der Waals surface area contributed by atoms with Gasteiger partial charge in [0.1, 0.15) is 0 Å². The zero-order valence-corrected chi connectivity index (χ0v) is 11.0. The fourth-order valence-electron chi connectivity index (χ4n) is 1.95. The van der Waals surface area contributed by atoms with Gasteiger partial charge in [-0.25, -0.2) is 0 Å². The van der Waals surface area contributed by atoms with Crippen LogP contribution in [-0.2, 0) is 9.53 Å². The van der Waals surface area contributed by atoms with Crippen LogP contribution < -0.4 is 0 Å². The molecule has 3 nitrogen and oxygen atoms in total. The van der Waals surface area contributed by atoms with E-state index in [2.05, 4.69) is 22.5 Å². The zero-order chi connectivity index (χ0) is 12.3. The van der Waals surface area contributed by atoms with E-state index in [9.17, 15) is 4.79 Å². The summed E-state index contributed by atoms with van der Waals surface area (Å²) >= 11 is 3.40. The van der Waals surface area contributed by atoms with Gasteiger partial charge in [-0.1, -0.05) is 34.6 Å². The molecule has 1 unspecified atom stereocenters. The minimum atomic E-state index is -0.0405. The lowest BCUT2D eigenvalue weighted by Gasteiger charge is -2.35. The minimum Gasteiger partial charge on any atom is -0.377 e. The van der Waals surface area contributed by atoms with E-state index in [1.54, 1.807) is 4.90 Å². The molecule has 0 aliphatic carbocycles. The molecule has 0 N–H and O–H groups in total. The average molecular weight is 296 g/mol. The predicted octanol–water partition coefficient (Wildman–Crippen LogP) is 2.54. The molecule has 1 saturated heterocycles. The molecule has 1 fully saturated rings. The first-order valence-electron chi connectivity index (χ1n) is 5.48. The van der Waals surface area contributed by atoms with E-state index in [-0.39, 0.29) is 11.9 Å². The Labute approximate surface area is 109 Å². The lowest BCUT2D eigenvalue weighted by molar-refractivity contribution is -0.134. The van der Waals surface area contributed by atoms with Crippen molar-refractivity contribution >= 4 is 21.8 Å². The van der Waals surface area contributed by atoms with Gasteiger partial charge in [-0.05, 0) is 23.8 Å². The van der Waals surface area contributed by atoms with Gasteiger partial charge in [-0.2, -0.15) is 0 Å². The maximum atomic E-state index is 11.8. The fraction of sp³-hybridized carbons (Fsp3) is 0.308. The molecule has 0 saturated carbocycles. The van der Waals surface area contributed by atoms with Gasteiger partial charge in [0.15, 0.2) is 0 Å². The van der Waals surface area contributed by atoms with Crippen LogP contribution in [0, 0.1) is 0 Å². The van der Waals surface area contributed by atoms with E-state index >= 15 is 0 Å². The van der Waals surface area contributed by atoms with E-state index < -0.39 is 0 Å². The molecule has 2 rings (SSSR count). The maximum absolute atomic E-state index is 11.8. The molecule has 4 heteroatoms. The quantitative estimate of drug-likeness (QED) is 0.785. The van der Waals surface area contributed by atoms with Crippen LogP contribution in [0.25, 0.3) is 0 Å². The molecule has 0 spiro atoms. The molecule has 17 heavy (non-hydrogen) atoms. The summed E-state index contributed by atoms with van der Waals surface area (Å²) in [5, 5.41) is 0. The Morgan fingerprint density at radius 3 is 2.82 bits per heavy atom. The molecular formula is C13H14BrNO2. The van der Waals surface area contributed by atoms with Crippen molar-refractivity contribution in [3.05, 3.63) is 47.0 Å². The third-order valence-corrected chi connectivity index (χ3v) is 3.37. The summed E-state index contributed by atoms with van der Waals surface area (Å²) in [7, 11) is 0. The lowest BCUT2D eigenvalue weighted by atomic mass is 10.0. The van der Waals surface area contributed by atoms with Gasteiger partial charge in [-0.15, -0.1) is 0 Å². The number of carbonyl (C=O) groups excluding carboxylic acids is 1. The Balaban J connectivity index is 2.24. The second-order valence-corrected chi connectivity index (χ2v) is 4.79. The molecule has 1 aromatic carbocycles. The number of rotatable bonds is 2.